The molecule has 0 amide bonds. The molecule has 2 heterocycles. The fraction of sp³-hybridized carbons (Fsp3) is 0.263. The Kier molecular flexibility index (Phi) is 5.31. The first-order chi connectivity index (χ1) is 13.4. The molecule has 1 aromatic heterocycles. The molecule has 1 aliphatic heterocycles. The van der Waals surface area contributed by atoms with E-state index < -0.39 is 10.0 Å². The largest absolute Gasteiger partial charge is 0.311 e. The van der Waals surface area contributed by atoms with Gasteiger partial charge in [-0.05, 0) is 43.2 Å². The van der Waals surface area contributed by atoms with Gasteiger partial charge in [0.25, 0.3) is 10.0 Å². The van der Waals surface area contributed by atoms with Crippen LogP contribution >= 0.6 is 23.2 Å². The minimum atomic E-state index is -3.83. The molecule has 0 atom stereocenters. The lowest BCUT2D eigenvalue weighted by atomic mass is 10.2. The van der Waals surface area contributed by atoms with Gasteiger partial charge < -0.3 is 4.57 Å². The van der Waals surface area contributed by atoms with Gasteiger partial charge in [-0.3, -0.25) is 4.72 Å². The first kappa shape index (κ1) is 19.2. The van der Waals surface area contributed by atoms with Crippen molar-refractivity contribution in [2.24, 2.45) is 0 Å². The molecule has 9 heteroatoms. The summed E-state index contributed by atoms with van der Waals surface area (Å²) in [5.74, 6) is 1.73. The number of hydrogen-bond donors (Lipinski definition) is 1. The van der Waals surface area contributed by atoms with Crippen LogP contribution < -0.4 is 4.72 Å². The summed E-state index contributed by atoms with van der Waals surface area (Å²) in [6.45, 7) is 0.870. The SMILES string of the molecule is O=S(=O)(Nc1cccc(-c2nnc3n2CCCCC3)c1)c1cc(Cl)cc(Cl)c1. The zero-order valence-electron chi connectivity index (χ0n) is 14.9. The highest BCUT2D eigenvalue weighted by atomic mass is 35.5. The minimum absolute atomic E-state index is 0.00625. The second-order valence-electron chi connectivity index (χ2n) is 6.69. The number of halogens is 2. The summed E-state index contributed by atoms with van der Waals surface area (Å²) in [5.41, 5.74) is 1.24. The maximum Gasteiger partial charge on any atom is 0.261 e. The zero-order chi connectivity index (χ0) is 19.7. The van der Waals surface area contributed by atoms with E-state index in [9.17, 15) is 8.42 Å². The zero-order valence-corrected chi connectivity index (χ0v) is 17.2. The number of anilines is 1. The van der Waals surface area contributed by atoms with Crippen molar-refractivity contribution < 1.29 is 8.42 Å². The number of aromatic nitrogens is 3. The highest BCUT2D eigenvalue weighted by molar-refractivity contribution is 7.92. The lowest BCUT2D eigenvalue weighted by Gasteiger charge is -2.11. The van der Waals surface area contributed by atoms with Crippen LogP contribution in [0.25, 0.3) is 11.4 Å². The van der Waals surface area contributed by atoms with E-state index in [1.54, 1.807) is 18.2 Å². The van der Waals surface area contributed by atoms with Crippen molar-refractivity contribution in [3.05, 3.63) is 58.3 Å². The standard InChI is InChI=1S/C19H18Cl2N4O2S/c20-14-10-15(21)12-17(11-14)28(26,27)24-16-6-4-5-13(9-16)19-23-22-18-7-2-1-3-8-25(18)19/h4-6,9-12,24H,1-3,7-8H2. The Morgan fingerprint density at radius 1 is 0.964 bits per heavy atom. The number of rotatable bonds is 4. The summed E-state index contributed by atoms with van der Waals surface area (Å²) in [7, 11) is -3.83. The van der Waals surface area contributed by atoms with Crippen LogP contribution in [0, 0.1) is 0 Å². The average molecular weight is 437 g/mol. The highest BCUT2D eigenvalue weighted by Crippen LogP contribution is 2.27. The van der Waals surface area contributed by atoms with E-state index in [1.807, 2.05) is 6.07 Å². The van der Waals surface area contributed by atoms with Crippen LogP contribution in [0.3, 0.4) is 0 Å². The molecular weight excluding hydrogens is 419 g/mol. The van der Waals surface area contributed by atoms with Crippen molar-refractivity contribution in [1.82, 2.24) is 14.8 Å². The second kappa shape index (κ2) is 7.73. The molecule has 0 saturated carbocycles. The Morgan fingerprint density at radius 3 is 2.54 bits per heavy atom. The fourth-order valence-corrected chi connectivity index (χ4v) is 5.09. The maximum atomic E-state index is 12.7. The predicted molar refractivity (Wildman–Crippen MR) is 110 cm³/mol. The van der Waals surface area contributed by atoms with Gasteiger partial charge in [0.05, 0.1) is 4.90 Å². The van der Waals surface area contributed by atoms with Crippen LogP contribution in [0.15, 0.2) is 47.4 Å². The van der Waals surface area contributed by atoms with E-state index in [1.165, 1.54) is 24.6 Å². The summed E-state index contributed by atoms with van der Waals surface area (Å²) in [4.78, 5) is 0.00625. The smallest absolute Gasteiger partial charge is 0.261 e. The molecule has 1 aliphatic rings. The molecule has 6 nitrogen and oxygen atoms in total. The molecule has 2 aromatic carbocycles. The topological polar surface area (TPSA) is 76.9 Å². The van der Waals surface area contributed by atoms with Crippen LogP contribution in [-0.2, 0) is 23.0 Å². The third-order valence-corrected chi connectivity index (χ3v) is 6.43. The van der Waals surface area contributed by atoms with Gasteiger partial charge in [-0.1, -0.05) is 41.8 Å². The fourth-order valence-electron chi connectivity index (χ4n) is 3.32. The van der Waals surface area contributed by atoms with E-state index in [0.29, 0.717) is 5.69 Å². The van der Waals surface area contributed by atoms with E-state index in [2.05, 4.69) is 19.5 Å². The predicted octanol–water partition coefficient (Wildman–Crippen LogP) is 4.78. The number of hydrogen-bond acceptors (Lipinski definition) is 4. The van der Waals surface area contributed by atoms with Crippen LogP contribution in [0.1, 0.15) is 25.1 Å². The van der Waals surface area contributed by atoms with Crippen molar-refractivity contribution in [2.45, 2.75) is 37.1 Å². The van der Waals surface area contributed by atoms with Crippen LogP contribution in [-0.4, -0.2) is 23.2 Å². The monoisotopic (exact) mass is 436 g/mol. The molecule has 146 valence electrons. The number of nitrogens with zero attached hydrogens (tertiary/aromatic N) is 3. The van der Waals surface area contributed by atoms with Gasteiger partial charge in [-0.25, -0.2) is 8.42 Å². The van der Waals surface area contributed by atoms with Gasteiger partial charge in [-0.15, -0.1) is 10.2 Å². The lowest BCUT2D eigenvalue weighted by molar-refractivity contribution is 0.601. The highest BCUT2D eigenvalue weighted by Gasteiger charge is 2.19. The maximum absolute atomic E-state index is 12.7. The van der Waals surface area contributed by atoms with Gasteiger partial charge >= 0.3 is 0 Å². The van der Waals surface area contributed by atoms with Gasteiger partial charge in [-0.2, -0.15) is 0 Å². The van der Waals surface area contributed by atoms with Crippen LogP contribution in [0.5, 0.6) is 0 Å². The molecule has 0 bridgehead atoms. The molecule has 0 aliphatic carbocycles. The number of aryl methyl sites for hydroxylation is 1. The summed E-state index contributed by atoms with van der Waals surface area (Å²) >= 11 is 11.9. The van der Waals surface area contributed by atoms with E-state index in [-0.39, 0.29) is 14.9 Å². The molecule has 28 heavy (non-hydrogen) atoms. The summed E-state index contributed by atoms with van der Waals surface area (Å²) in [6, 6.07) is 11.3. The average Bonchev–Trinajstić information content (AvgIpc) is 2.89. The van der Waals surface area contributed by atoms with Crippen LogP contribution in [0.2, 0.25) is 10.0 Å². The lowest BCUT2D eigenvalue weighted by Crippen LogP contribution is -2.13. The molecule has 0 unspecified atom stereocenters. The van der Waals surface area contributed by atoms with E-state index in [4.69, 9.17) is 23.2 Å². The summed E-state index contributed by atoms with van der Waals surface area (Å²) < 4.78 is 30.1. The van der Waals surface area contributed by atoms with Crippen molar-refractivity contribution in [3.63, 3.8) is 0 Å². The van der Waals surface area contributed by atoms with Gasteiger partial charge in [0.15, 0.2) is 5.82 Å². The number of fused-ring (bicyclic) bond motifs is 1. The number of sulfonamides is 1. The molecular formula is C19H18Cl2N4O2S. The van der Waals surface area contributed by atoms with Crippen LogP contribution in [0.4, 0.5) is 5.69 Å². The molecule has 0 radical (unpaired) electrons. The van der Waals surface area contributed by atoms with Gasteiger partial charge in [0, 0.05) is 34.3 Å². The number of nitrogens with one attached hydrogen (secondary N) is 1. The van der Waals surface area contributed by atoms with Crippen molar-refractivity contribution in [3.8, 4) is 11.4 Å². The summed E-state index contributed by atoms with van der Waals surface area (Å²) in [6.07, 6.45) is 4.28. The molecule has 1 N–H and O–H groups in total. The van der Waals surface area contributed by atoms with E-state index in [0.717, 1.165) is 43.0 Å². The Labute approximate surface area is 173 Å². The van der Waals surface area contributed by atoms with Crippen molar-refractivity contribution in [1.29, 1.82) is 0 Å². The Bertz CT molecular complexity index is 1110. The minimum Gasteiger partial charge on any atom is -0.311 e. The van der Waals surface area contributed by atoms with Crippen molar-refractivity contribution >= 4 is 38.9 Å². The quantitative estimate of drug-likeness (QED) is 0.638. The van der Waals surface area contributed by atoms with Gasteiger partial charge in [0.1, 0.15) is 5.82 Å². The Morgan fingerprint density at radius 2 is 1.75 bits per heavy atom. The first-order valence-corrected chi connectivity index (χ1v) is 11.2. The first-order valence-electron chi connectivity index (χ1n) is 8.94. The molecule has 0 fully saturated rings. The molecule has 4 rings (SSSR count). The Balaban J connectivity index is 1.65. The normalized spacial score (nSPS) is 14.4. The Hall–Kier alpha value is -2.09. The second-order valence-corrected chi connectivity index (χ2v) is 9.25. The molecule has 0 spiro atoms. The third-order valence-electron chi connectivity index (χ3n) is 4.63. The number of benzene rings is 2. The van der Waals surface area contributed by atoms with Gasteiger partial charge in [0.2, 0.25) is 0 Å². The van der Waals surface area contributed by atoms with Crippen molar-refractivity contribution in [2.75, 3.05) is 4.72 Å². The molecule has 0 saturated heterocycles. The van der Waals surface area contributed by atoms with E-state index >= 15 is 0 Å². The molecule has 3 aromatic rings. The third kappa shape index (κ3) is 4.01. The summed E-state index contributed by atoms with van der Waals surface area (Å²) in [5, 5.41) is 9.15.